The van der Waals surface area contributed by atoms with Crippen molar-refractivity contribution in [2.45, 2.75) is 4.90 Å². The molecule has 20 heavy (non-hydrogen) atoms. The molecule has 2 aliphatic rings. The van der Waals surface area contributed by atoms with Gasteiger partial charge in [0.2, 0.25) is 5.88 Å². The number of hydrogen-bond acceptors (Lipinski definition) is 8. The Morgan fingerprint density at radius 1 is 0.950 bits per heavy atom. The summed E-state index contributed by atoms with van der Waals surface area (Å²) >= 11 is 1.68. The molecule has 0 atom stereocenters. The topological polar surface area (TPSA) is 79.3 Å². The molecule has 0 N–H and O–H groups in total. The van der Waals surface area contributed by atoms with Crippen LogP contribution in [0.5, 0.6) is 17.5 Å². The molecule has 7 nitrogen and oxygen atoms in total. The van der Waals surface area contributed by atoms with E-state index in [9.17, 15) is 0 Å². The normalized spacial score (nSPS) is 16.2. The molecule has 0 aromatic carbocycles. The maximum Gasteiger partial charge on any atom is 0.276 e. The fourth-order valence-electron chi connectivity index (χ4n) is 2.05. The number of rotatable bonds is 1. The molecular formula is C12H10N4O3S. The lowest BCUT2D eigenvalue weighted by atomic mass is 10.2. The Labute approximate surface area is 118 Å². The van der Waals surface area contributed by atoms with Crippen molar-refractivity contribution in [3.8, 4) is 28.8 Å². The van der Waals surface area contributed by atoms with Crippen molar-refractivity contribution < 1.29 is 14.2 Å². The van der Waals surface area contributed by atoms with Crippen LogP contribution in [0, 0.1) is 0 Å². The Hall–Kier alpha value is -2.09. The SMILES string of the molecule is c1c(-c2cnnc3c2SCCO3)nnc2c1OCCO2. The molecule has 0 saturated heterocycles. The third-order valence-corrected chi connectivity index (χ3v) is 3.98. The lowest BCUT2D eigenvalue weighted by molar-refractivity contribution is 0.162. The van der Waals surface area contributed by atoms with E-state index in [4.69, 9.17) is 14.2 Å². The molecule has 2 aromatic rings. The highest BCUT2D eigenvalue weighted by Gasteiger charge is 2.21. The van der Waals surface area contributed by atoms with Gasteiger partial charge in [0.1, 0.15) is 13.2 Å². The summed E-state index contributed by atoms with van der Waals surface area (Å²) in [6.45, 7) is 1.66. The Bertz CT molecular complexity index is 667. The van der Waals surface area contributed by atoms with Crippen LogP contribution in [0.25, 0.3) is 11.3 Å². The first-order valence-corrected chi connectivity index (χ1v) is 7.15. The van der Waals surface area contributed by atoms with E-state index in [1.807, 2.05) is 6.07 Å². The number of hydrogen-bond donors (Lipinski definition) is 0. The zero-order valence-electron chi connectivity index (χ0n) is 10.4. The first kappa shape index (κ1) is 11.7. The lowest BCUT2D eigenvalue weighted by Gasteiger charge is -2.19. The Morgan fingerprint density at radius 3 is 2.85 bits per heavy atom. The van der Waals surface area contributed by atoms with Gasteiger partial charge in [-0.15, -0.1) is 27.1 Å². The van der Waals surface area contributed by atoms with Gasteiger partial charge in [-0.3, -0.25) is 0 Å². The zero-order valence-corrected chi connectivity index (χ0v) is 11.2. The van der Waals surface area contributed by atoms with Crippen LogP contribution in [-0.4, -0.2) is 46.0 Å². The van der Waals surface area contributed by atoms with Gasteiger partial charge < -0.3 is 14.2 Å². The standard InChI is InChI=1S/C12H10N4O3S/c1-2-18-11-9(17-1)5-8(14-16-11)7-6-13-15-12-10(7)20-4-3-19-12/h5-6H,1-4H2. The van der Waals surface area contributed by atoms with Crippen LogP contribution in [0.4, 0.5) is 0 Å². The second-order valence-electron chi connectivity index (χ2n) is 4.19. The summed E-state index contributed by atoms with van der Waals surface area (Å²) in [5, 5.41) is 16.2. The van der Waals surface area contributed by atoms with Gasteiger partial charge >= 0.3 is 0 Å². The maximum atomic E-state index is 5.53. The summed E-state index contributed by atoms with van der Waals surface area (Å²) in [4.78, 5) is 0.942. The van der Waals surface area contributed by atoms with Gasteiger partial charge in [-0.05, 0) is 0 Å². The van der Waals surface area contributed by atoms with Gasteiger partial charge in [-0.2, -0.15) is 5.10 Å². The van der Waals surface area contributed by atoms with Crippen molar-refractivity contribution in [2.24, 2.45) is 0 Å². The molecule has 8 heteroatoms. The van der Waals surface area contributed by atoms with Gasteiger partial charge in [0.05, 0.1) is 23.4 Å². The summed E-state index contributed by atoms with van der Waals surface area (Å²) in [7, 11) is 0. The lowest BCUT2D eigenvalue weighted by Crippen LogP contribution is -2.17. The number of ether oxygens (including phenoxy) is 3. The molecule has 0 saturated carbocycles. The second-order valence-corrected chi connectivity index (χ2v) is 5.29. The summed E-state index contributed by atoms with van der Waals surface area (Å²) in [6.07, 6.45) is 1.67. The highest BCUT2D eigenvalue weighted by Crippen LogP contribution is 2.39. The van der Waals surface area contributed by atoms with Crippen LogP contribution < -0.4 is 14.2 Å². The van der Waals surface area contributed by atoms with Gasteiger partial charge in [0.15, 0.2) is 5.75 Å². The number of thioether (sulfide) groups is 1. The molecule has 0 aliphatic carbocycles. The average molecular weight is 290 g/mol. The molecule has 0 fully saturated rings. The fraction of sp³-hybridized carbons (Fsp3) is 0.333. The monoisotopic (exact) mass is 290 g/mol. The molecule has 0 bridgehead atoms. The van der Waals surface area contributed by atoms with Gasteiger partial charge in [-0.25, -0.2) is 0 Å². The molecule has 4 heterocycles. The zero-order chi connectivity index (χ0) is 13.4. The maximum absolute atomic E-state index is 5.53. The minimum absolute atomic E-state index is 0.430. The predicted octanol–water partition coefficient (Wildman–Crippen LogP) is 1.19. The summed E-state index contributed by atoms with van der Waals surface area (Å²) < 4.78 is 16.4. The van der Waals surface area contributed by atoms with Crippen molar-refractivity contribution in [1.29, 1.82) is 0 Å². The van der Waals surface area contributed by atoms with E-state index in [0.717, 1.165) is 16.2 Å². The highest BCUT2D eigenvalue weighted by atomic mass is 32.2. The molecule has 0 unspecified atom stereocenters. The van der Waals surface area contributed by atoms with Crippen molar-refractivity contribution in [1.82, 2.24) is 20.4 Å². The molecule has 2 aromatic heterocycles. The van der Waals surface area contributed by atoms with Crippen LogP contribution >= 0.6 is 11.8 Å². The molecule has 102 valence electrons. The minimum Gasteiger partial charge on any atom is -0.484 e. The molecule has 0 amide bonds. The van der Waals surface area contributed by atoms with Gasteiger partial charge in [-0.1, -0.05) is 0 Å². The number of aromatic nitrogens is 4. The van der Waals surface area contributed by atoms with E-state index >= 15 is 0 Å². The Balaban J connectivity index is 1.81. The quantitative estimate of drug-likeness (QED) is 0.775. The molecule has 4 rings (SSSR count). The summed E-state index contributed by atoms with van der Waals surface area (Å²) in [5.41, 5.74) is 1.53. The van der Waals surface area contributed by atoms with Crippen LogP contribution in [0.1, 0.15) is 0 Å². The summed E-state index contributed by atoms with van der Waals surface area (Å²) in [5.74, 6) is 2.47. The van der Waals surface area contributed by atoms with E-state index in [1.54, 1.807) is 18.0 Å². The van der Waals surface area contributed by atoms with E-state index in [1.165, 1.54) is 0 Å². The Morgan fingerprint density at radius 2 is 1.85 bits per heavy atom. The first-order valence-electron chi connectivity index (χ1n) is 6.17. The van der Waals surface area contributed by atoms with E-state index in [-0.39, 0.29) is 0 Å². The first-order chi connectivity index (χ1) is 9.92. The number of nitrogens with zero attached hydrogens (tertiary/aromatic N) is 4. The minimum atomic E-state index is 0.430. The van der Waals surface area contributed by atoms with Crippen LogP contribution in [-0.2, 0) is 0 Å². The molecule has 2 aliphatic heterocycles. The van der Waals surface area contributed by atoms with Gasteiger partial charge in [0.25, 0.3) is 5.88 Å². The number of fused-ring (bicyclic) bond motifs is 2. The molecule has 0 spiro atoms. The van der Waals surface area contributed by atoms with E-state index in [0.29, 0.717) is 43.0 Å². The average Bonchev–Trinajstić information content (AvgIpc) is 2.54. The second kappa shape index (κ2) is 4.78. The van der Waals surface area contributed by atoms with Crippen molar-refractivity contribution in [3.63, 3.8) is 0 Å². The van der Waals surface area contributed by atoms with Gasteiger partial charge in [0, 0.05) is 17.4 Å². The van der Waals surface area contributed by atoms with E-state index in [2.05, 4.69) is 20.4 Å². The smallest absolute Gasteiger partial charge is 0.276 e. The predicted molar refractivity (Wildman–Crippen MR) is 70.3 cm³/mol. The van der Waals surface area contributed by atoms with Crippen LogP contribution in [0.2, 0.25) is 0 Å². The fourth-order valence-corrected chi connectivity index (χ4v) is 2.95. The third kappa shape index (κ3) is 1.92. The molecular weight excluding hydrogens is 280 g/mol. The van der Waals surface area contributed by atoms with Crippen molar-refractivity contribution in [2.75, 3.05) is 25.6 Å². The third-order valence-electron chi connectivity index (χ3n) is 2.93. The van der Waals surface area contributed by atoms with Crippen molar-refractivity contribution >= 4 is 11.8 Å². The van der Waals surface area contributed by atoms with E-state index < -0.39 is 0 Å². The Kier molecular flexibility index (Phi) is 2.80. The summed E-state index contributed by atoms with van der Waals surface area (Å²) in [6, 6.07) is 1.81. The van der Waals surface area contributed by atoms with Crippen LogP contribution in [0.3, 0.4) is 0 Å². The molecule has 0 radical (unpaired) electrons. The highest BCUT2D eigenvalue weighted by molar-refractivity contribution is 7.99. The van der Waals surface area contributed by atoms with Crippen molar-refractivity contribution in [3.05, 3.63) is 12.3 Å². The largest absolute Gasteiger partial charge is 0.484 e. The van der Waals surface area contributed by atoms with Crippen LogP contribution in [0.15, 0.2) is 17.2 Å².